The lowest BCUT2D eigenvalue weighted by atomic mass is 10.1. The molecule has 3 heteroatoms. The second-order valence-electron chi connectivity index (χ2n) is 2.82. The number of rotatable bonds is 3. The first-order valence-corrected chi connectivity index (χ1v) is 3.96. The Morgan fingerprint density at radius 3 is 3.00 bits per heavy atom. The maximum Gasteiger partial charge on any atom is 0.137 e. The molecule has 0 aliphatic carbocycles. The van der Waals surface area contributed by atoms with E-state index in [2.05, 4.69) is 0 Å². The number of carbonyl (C=O) groups is 1. The van der Waals surface area contributed by atoms with Crippen molar-refractivity contribution in [3.05, 3.63) is 35.4 Å². The fraction of sp³-hybridized carbons (Fsp3) is 0.200. The molecule has 3 nitrogen and oxygen atoms in total. The molecule has 66 valence electrons. The van der Waals surface area contributed by atoms with Gasteiger partial charge in [-0.05, 0) is 24.1 Å². The molecule has 0 heterocycles. The van der Waals surface area contributed by atoms with E-state index in [1.807, 2.05) is 12.1 Å². The molecule has 0 saturated heterocycles. The second kappa shape index (κ2) is 4.39. The summed E-state index contributed by atoms with van der Waals surface area (Å²) >= 11 is 0. The zero-order valence-electron chi connectivity index (χ0n) is 7.10. The van der Waals surface area contributed by atoms with E-state index in [0.717, 1.165) is 5.56 Å². The predicted molar refractivity (Wildman–Crippen MR) is 48.9 cm³/mol. The van der Waals surface area contributed by atoms with Crippen LogP contribution in [0.3, 0.4) is 0 Å². The zero-order chi connectivity index (χ0) is 9.68. The van der Waals surface area contributed by atoms with Crippen molar-refractivity contribution >= 4 is 6.29 Å². The van der Waals surface area contributed by atoms with E-state index in [-0.39, 0.29) is 0 Å². The summed E-state index contributed by atoms with van der Waals surface area (Å²) in [5.74, 6) is 0. The van der Waals surface area contributed by atoms with Crippen molar-refractivity contribution in [2.24, 2.45) is 5.73 Å². The maximum atomic E-state index is 10.3. The molecule has 0 aromatic heterocycles. The van der Waals surface area contributed by atoms with Gasteiger partial charge in [-0.15, -0.1) is 0 Å². The minimum Gasteiger partial charge on any atom is -0.321 e. The first kappa shape index (κ1) is 9.43. The Morgan fingerprint density at radius 2 is 2.38 bits per heavy atom. The largest absolute Gasteiger partial charge is 0.321 e. The highest BCUT2D eigenvalue weighted by Gasteiger charge is 2.02. The van der Waals surface area contributed by atoms with Gasteiger partial charge in [0.2, 0.25) is 0 Å². The van der Waals surface area contributed by atoms with Crippen LogP contribution in [-0.4, -0.2) is 12.3 Å². The molecule has 0 saturated carbocycles. The molecule has 2 N–H and O–H groups in total. The van der Waals surface area contributed by atoms with Crippen molar-refractivity contribution in [1.29, 1.82) is 5.26 Å². The Labute approximate surface area is 76.8 Å². The van der Waals surface area contributed by atoms with Gasteiger partial charge >= 0.3 is 0 Å². The molecule has 1 aromatic rings. The highest BCUT2D eigenvalue weighted by atomic mass is 16.1. The molecule has 1 unspecified atom stereocenters. The smallest absolute Gasteiger partial charge is 0.137 e. The summed E-state index contributed by atoms with van der Waals surface area (Å²) in [5, 5.41) is 8.60. The molecule has 13 heavy (non-hydrogen) atoms. The summed E-state index contributed by atoms with van der Waals surface area (Å²) < 4.78 is 0. The van der Waals surface area contributed by atoms with Crippen LogP contribution in [0.5, 0.6) is 0 Å². The average Bonchev–Trinajstić information content (AvgIpc) is 2.18. The van der Waals surface area contributed by atoms with Gasteiger partial charge in [-0.25, -0.2) is 0 Å². The third kappa shape index (κ3) is 2.69. The van der Waals surface area contributed by atoms with Gasteiger partial charge < -0.3 is 10.5 Å². The minimum atomic E-state index is -0.478. The predicted octanol–water partition coefficient (Wildman–Crippen LogP) is 0.627. The van der Waals surface area contributed by atoms with Crippen LogP contribution in [0.25, 0.3) is 0 Å². The van der Waals surface area contributed by atoms with Gasteiger partial charge in [-0.3, -0.25) is 0 Å². The van der Waals surface area contributed by atoms with Gasteiger partial charge in [-0.2, -0.15) is 5.26 Å². The first-order chi connectivity index (χ1) is 6.26. The molecule has 1 rings (SSSR count). The van der Waals surface area contributed by atoms with Crippen LogP contribution < -0.4 is 5.73 Å². The molecule has 0 bridgehead atoms. The van der Waals surface area contributed by atoms with E-state index in [9.17, 15) is 4.79 Å². The van der Waals surface area contributed by atoms with Crippen molar-refractivity contribution in [2.75, 3.05) is 0 Å². The van der Waals surface area contributed by atoms with Crippen LogP contribution in [-0.2, 0) is 11.2 Å². The summed E-state index contributed by atoms with van der Waals surface area (Å²) in [5.41, 5.74) is 6.95. The lowest BCUT2D eigenvalue weighted by Gasteiger charge is -2.03. The fourth-order valence-electron chi connectivity index (χ4n) is 1.09. The van der Waals surface area contributed by atoms with Crippen molar-refractivity contribution < 1.29 is 4.79 Å². The third-order valence-corrected chi connectivity index (χ3v) is 1.70. The lowest BCUT2D eigenvalue weighted by Crippen LogP contribution is -2.24. The SMILES string of the molecule is N#Cc1cccc(CC(N)C=O)c1. The molecule has 0 spiro atoms. The lowest BCUT2D eigenvalue weighted by molar-refractivity contribution is -0.108. The van der Waals surface area contributed by atoms with Crippen LogP contribution in [0, 0.1) is 11.3 Å². The number of nitrogens with two attached hydrogens (primary N) is 1. The number of hydrogen-bond acceptors (Lipinski definition) is 3. The van der Waals surface area contributed by atoms with E-state index in [1.54, 1.807) is 18.2 Å². The number of benzene rings is 1. The Hall–Kier alpha value is -1.66. The van der Waals surface area contributed by atoms with Crippen LogP contribution in [0.1, 0.15) is 11.1 Å². The van der Waals surface area contributed by atoms with Gasteiger partial charge in [-0.1, -0.05) is 12.1 Å². The van der Waals surface area contributed by atoms with Gasteiger partial charge in [0, 0.05) is 0 Å². The topological polar surface area (TPSA) is 66.9 Å². The van der Waals surface area contributed by atoms with Crippen LogP contribution >= 0.6 is 0 Å². The van der Waals surface area contributed by atoms with E-state index in [4.69, 9.17) is 11.0 Å². The van der Waals surface area contributed by atoms with Crippen LogP contribution in [0.4, 0.5) is 0 Å². The Balaban J connectivity index is 2.78. The minimum absolute atomic E-state index is 0.478. The molecule has 0 amide bonds. The molecule has 0 fully saturated rings. The average molecular weight is 174 g/mol. The number of carbonyl (C=O) groups excluding carboxylic acids is 1. The Bertz CT molecular complexity index is 341. The molecular weight excluding hydrogens is 164 g/mol. The summed E-state index contributed by atoms with van der Waals surface area (Å²) in [7, 11) is 0. The Kier molecular flexibility index (Phi) is 3.18. The molecule has 1 atom stereocenters. The highest BCUT2D eigenvalue weighted by molar-refractivity contribution is 5.58. The van der Waals surface area contributed by atoms with Crippen molar-refractivity contribution in [3.63, 3.8) is 0 Å². The van der Waals surface area contributed by atoms with E-state index < -0.39 is 6.04 Å². The maximum absolute atomic E-state index is 10.3. The van der Waals surface area contributed by atoms with Crippen LogP contribution in [0.15, 0.2) is 24.3 Å². The highest BCUT2D eigenvalue weighted by Crippen LogP contribution is 2.05. The first-order valence-electron chi connectivity index (χ1n) is 3.96. The molecule has 0 aliphatic rings. The quantitative estimate of drug-likeness (QED) is 0.683. The number of nitrogens with zero attached hydrogens (tertiary/aromatic N) is 1. The number of aldehydes is 1. The summed E-state index contributed by atoms with van der Waals surface area (Å²) in [6.45, 7) is 0. The van der Waals surface area contributed by atoms with E-state index in [0.29, 0.717) is 18.3 Å². The van der Waals surface area contributed by atoms with Crippen molar-refractivity contribution in [2.45, 2.75) is 12.5 Å². The standard InChI is InChI=1S/C10H10N2O/c11-6-9-3-1-2-8(4-9)5-10(12)7-13/h1-4,7,10H,5,12H2. The summed E-state index contributed by atoms with van der Waals surface area (Å²) in [6, 6.07) is 8.64. The van der Waals surface area contributed by atoms with Gasteiger partial charge in [0.25, 0.3) is 0 Å². The van der Waals surface area contributed by atoms with Crippen molar-refractivity contribution in [1.82, 2.24) is 0 Å². The van der Waals surface area contributed by atoms with Crippen molar-refractivity contribution in [3.8, 4) is 6.07 Å². The second-order valence-corrected chi connectivity index (χ2v) is 2.82. The number of hydrogen-bond donors (Lipinski definition) is 1. The molecule has 0 radical (unpaired) electrons. The summed E-state index contributed by atoms with van der Waals surface area (Å²) in [4.78, 5) is 10.3. The monoisotopic (exact) mass is 174 g/mol. The van der Waals surface area contributed by atoms with E-state index in [1.165, 1.54) is 0 Å². The fourth-order valence-corrected chi connectivity index (χ4v) is 1.09. The molecule has 1 aromatic carbocycles. The van der Waals surface area contributed by atoms with Gasteiger partial charge in [0.05, 0.1) is 17.7 Å². The van der Waals surface area contributed by atoms with Gasteiger partial charge in [0.1, 0.15) is 6.29 Å². The summed E-state index contributed by atoms with van der Waals surface area (Å²) in [6.07, 6.45) is 1.19. The third-order valence-electron chi connectivity index (χ3n) is 1.70. The van der Waals surface area contributed by atoms with Gasteiger partial charge in [0.15, 0.2) is 0 Å². The Morgan fingerprint density at radius 1 is 1.62 bits per heavy atom. The van der Waals surface area contributed by atoms with Crippen LogP contribution in [0.2, 0.25) is 0 Å². The number of nitriles is 1. The molecular formula is C10H10N2O. The zero-order valence-corrected chi connectivity index (χ0v) is 7.10. The normalized spacial score (nSPS) is 11.7. The van der Waals surface area contributed by atoms with E-state index >= 15 is 0 Å². The molecule has 0 aliphatic heterocycles.